The van der Waals surface area contributed by atoms with E-state index in [2.05, 4.69) is 15.3 Å². The minimum absolute atomic E-state index is 0.105. The predicted molar refractivity (Wildman–Crippen MR) is 85.0 cm³/mol. The zero-order valence-electron chi connectivity index (χ0n) is 13.3. The molecule has 0 spiro atoms. The lowest BCUT2D eigenvalue weighted by Gasteiger charge is -2.21. The zero-order chi connectivity index (χ0) is 17.4. The van der Waals surface area contributed by atoms with Gasteiger partial charge in [0.1, 0.15) is 29.9 Å². The molecule has 0 aliphatic carbocycles. The molecule has 1 unspecified atom stereocenters. The molecule has 9 nitrogen and oxygen atoms in total. The van der Waals surface area contributed by atoms with Crippen molar-refractivity contribution in [1.82, 2.24) is 14.9 Å². The van der Waals surface area contributed by atoms with E-state index in [1.54, 1.807) is 4.57 Å². The van der Waals surface area contributed by atoms with Crippen molar-refractivity contribution in [3.63, 3.8) is 0 Å². The van der Waals surface area contributed by atoms with Crippen molar-refractivity contribution >= 4 is 28.5 Å². The number of aliphatic hydroxyl groups excluding tert-OH is 2. The number of amides is 1. The number of hydrogen-bond donors (Lipinski definition) is 3. The van der Waals surface area contributed by atoms with Crippen molar-refractivity contribution in [2.24, 2.45) is 4.99 Å². The van der Waals surface area contributed by atoms with Gasteiger partial charge in [0.2, 0.25) is 0 Å². The maximum atomic E-state index is 11.8. The number of ether oxygens (including phenoxy) is 1. The molecule has 1 aromatic heterocycles. The van der Waals surface area contributed by atoms with Crippen LogP contribution >= 0.6 is 11.6 Å². The van der Waals surface area contributed by atoms with Crippen LogP contribution in [0.25, 0.3) is 0 Å². The number of aromatic nitrogens is 2. The molecule has 4 rings (SSSR count). The van der Waals surface area contributed by atoms with E-state index in [4.69, 9.17) is 16.3 Å². The van der Waals surface area contributed by atoms with E-state index in [1.807, 2.05) is 18.7 Å². The Hall–Kier alpha value is -1.68. The van der Waals surface area contributed by atoms with Crippen LogP contribution in [0.1, 0.15) is 25.8 Å². The highest BCUT2D eigenvalue weighted by Gasteiger charge is 2.61. The molecule has 2 fully saturated rings. The summed E-state index contributed by atoms with van der Waals surface area (Å²) in [6, 6.07) is 0. The lowest BCUT2D eigenvalue weighted by atomic mass is 10.1. The first-order chi connectivity index (χ1) is 11.3. The Bertz CT molecular complexity index is 748. The Labute approximate surface area is 142 Å². The molecule has 0 bridgehead atoms. The van der Waals surface area contributed by atoms with Crippen LogP contribution in [0, 0.1) is 0 Å². The fourth-order valence-electron chi connectivity index (χ4n) is 3.41. The molecule has 5 atom stereocenters. The monoisotopic (exact) mass is 355 g/mol. The summed E-state index contributed by atoms with van der Waals surface area (Å²) in [5.74, 6) is 0.168. The predicted octanol–water partition coefficient (Wildman–Crippen LogP) is -0.828. The third-order valence-corrected chi connectivity index (χ3v) is 5.15. The number of hydrogen-bond acceptors (Lipinski definition) is 7. The molecule has 24 heavy (non-hydrogen) atoms. The summed E-state index contributed by atoms with van der Waals surface area (Å²) in [6.07, 6.45) is -3.33. The number of halogens is 1. The standard InChI is InChI=1S/C14H18ClN5O4/c1-14(2)13-18-9(15)5-11(20(13)14)19(4-17-5)12-7(22)6(21)8(24-12)10(23)16-3/h4,6-8,12-13,21-22H,1-3H3,(H,16,23)/t6-,7+,8-,12+,13?,20?/m0/s1. The van der Waals surface area contributed by atoms with Gasteiger partial charge in [0.25, 0.3) is 5.91 Å². The van der Waals surface area contributed by atoms with Gasteiger partial charge in [-0.05, 0) is 13.8 Å². The number of likely N-dealkylation sites (N-methyl/N-ethyl adjacent to an activating group) is 1. The number of aliphatic hydroxyl groups is 2. The summed E-state index contributed by atoms with van der Waals surface area (Å²) in [4.78, 5) is 22.5. The summed E-state index contributed by atoms with van der Waals surface area (Å²) < 4.78 is 7.22. The largest absolute Gasteiger partial charge is 0.387 e. The van der Waals surface area contributed by atoms with Gasteiger partial charge in [-0.2, -0.15) is 0 Å². The van der Waals surface area contributed by atoms with Crippen LogP contribution in [0.2, 0.25) is 0 Å². The number of nitrogens with zero attached hydrogens (tertiary/aromatic N) is 4. The average Bonchev–Trinajstić information content (AvgIpc) is 2.88. The third kappa shape index (κ3) is 1.89. The number of nitrogens with one attached hydrogen (secondary N) is 1. The molecule has 1 aromatic rings. The zero-order valence-corrected chi connectivity index (χ0v) is 14.1. The van der Waals surface area contributed by atoms with Crippen molar-refractivity contribution in [1.29, 1.82) is 0 Å². The van der Waals surface area contributed by atoms with E-state index in [-0.39, 0.29) is 11.7 Å². The smallest absolute Gasteiger partial charge is 0.251 e. The summed E-state index contributed by atoms with van der Waals surface area (Å²) in [6.45, 7) is 4.04. The second-order valence-electron chi connectivity index (χ2n) is 6.68. The first-order valence-electron chi connectivity index (χ1n) is 7.62. The number of aliphatic imine (C=N–C) groups is 1. The summed E-state index contributed by atoms with van der Waals surface area (Å²) in [7, 11) is 1.44. The molecular weight excluding hydrogens is 338 g/mol. The second-order valence-corrected chi connectivity index (χ2v) is 7.04. The van der Waals surface area contributed by atoms with Crippen LogP contribution in [0.4, 0.5) is 5.82 Å². The molecule has 4 heterocycles. The minimum atomic E-state index is -1.33. The van der Waals surface area contributed by atoms with Crippen LogP contribution in [-0.4, -0.2) is 67.9 Å². The Balaban J connectivity index is 1.73. The summed E-state index contributed by atoms with van der Waals surface area (Å²) >= 11 is 6.21. The number of rotatable bonds is 2. The lowest BCUT2D eigenvalue weighted by Crippen LogP contribution is -2.41. The van der Waals surface area contributed by atoms with Gasteiger partial charge in [-0.25, -0.2) is 9.98 Å². The lowest BCUT2D eigenvalue weighted by molar-refractivity contribution is -0.137. The second kappa shape index (κ2) is 4.92. The molecule has 3 aliphatic rings. The normalized spacial score (nSPS) is 36.0. The fourth-order valence-corrected chi connectivity index (χ4v) is 3.64. The van der Waals surface area contributed by atoms with Crippen LogP contribution in [-0.2, 0) is 9.53 Å². The van der Waals surface area contributed by atoms with E-state index < -0.39 is 30.4 Å². The van der Waals surface area contributed by atoms with Gasteiger partial charge in [-0.3, -0.25) is 9.36 Å². The average molecular weight is 356 g/mol. The van der Waals surface area contributed by atoms with Crippen LogP contribution in [0.3, 0.4) is 0 Å². The summed E-state index contributed by atoms with van der Waals surface area (Å²) in [5.41, 5.74) is 0.262. The molecule has 3 N–H and O–H groups in total. The van der Waals surface area contributed by atoms with Crippen molar-refractivity contribution in [2.75, 3.05) is 11.9 Å². The van der Waals surface area contributed by atoms with Gasteiger partial charge in [0.05, 0.1) is 11.9 Å². The van der Waals surface area contributed by atoms with Crippen molar-refractivity contribution < 1.29 is 19.7 Å². The topological polar surface area (TPSA) is 112 Å². The molecule has 0 aromatic carbocycles. The van der Waals surface area contributed by atoms with Gasteiger partial charge < -0.3 is 25.2 Å². The number of carbonyl (C=O) groups excluding carboxylic acids is 1. The maximum absolute atomic E-state index is 11.8. The molecule has 3 aliphatic heterocycles. The van der Waals surface area contributed by atoms with E-state index in [1.165, 1.54) is 13.4 Å². The number of carbonyl (C=O) groups is 1. The molecular formula is C14H18ClN5O4. The Morgan fingerprint density at radius 2 is 2.12 bits per heavy atom. The maximum Gasteiger partial charge on any atom is 0.251 e. The Kier molecular flexibility index (Phi) is 3.24. The highest BCUT2D eigenvalue weighted by molar-refractivity contribution is 6.70. The fraction of sp³-hybridized carbons (Fsp3) is 0.643. The van der Waals surface area contributed by atoms with Crippen LogP contribution in [0.5, 0.6) is 0 Å². The SMILES string of the molecule is CNC(=O)[C@H]1O[C@@H](n2cnc3c2N2C(N=C3Cl)C2(C)C)[C@H](O)[C@@H]1O. The number of fused-ring (bicyclic) bond motifs is 3. The molecule has 1 amide bonds. The highest BCUT2D eigenvalue weighted by atomic mass is 35.5. The molecule has 10 heteroatoms. The van der Waals surface area contributed by atoms with E-state index in [9.17, 15) is 15.0 Å². The van der Waals surface area contributed by atoms with Gasteiger partial charge in [0.15, 0.2) is 17.5 Å². The van der Waals surface area contributed by atoms with E-state index in [0.29, 0.717) is 16.7 Å². The minimum Gasteiger partial charge on any atom is -0.387 e. The van der Waals surface area contributed by atoms with Gasteiger partial charge >= 0.3 is 0 Å². The van der Waals surface area contributed by atoms with Crippen molar-refractivity contribution in [2.45, 2.75) is 50.1 Å². The van der Waals surface area contributed by atoms with Crippen molar-refractivity contribution in [3.8, 4) is 0 Å². The number of imidazole rings is 1. The number of anilines is 1. The molecule has 2 saturated heterocycles. The van der Waals surface area contributed by atoms with E-state index in [0.717, 1.165) is 0 Å². The van der Waals surface area contributed by atoms with Crippen LogP contribution < -0.4 is 10.2 Å². The molecule has 0 saturated carbocycles. The summed E-state index contributed by atoms with van der Waals surface area (Å²) in [5, 5.41) is 23.2. The van der Waals surface area contributed by atoms with Crippen LogP contribution in [0.15, 0.2) is 11.3 Å². The first-order valence-corrected chi connectivity index (χ1v) is 8.00. The Morgan fingerprint density at radius 1 is 1.42 bits per heavy atom. The molecule has 130 valence electrons. The van der Waals surface area contributed by atoms with E-state index >= 15 is 0 Å². The quantitative estimate of drug-likeness (QED) is 0.597. The van der Waals surface area contributed by atoms with Gasteiger partial charge in [0, 0.05) is 7.05 Å². The first kappa shape index (κ1) is 15.8. The van der Waals surface area contributed by atoms with Crippen molar-refractivity contribution in [3.05, 3.63) is 12.0 Å². The van der Waals surface area contributed by atoms with Gasteiger partial charge in [-0.15, -0.1) is 0 Å². The Morgan fingerprint density at radius 3 is 2.79 bits per heavy atom. The third-order valence-electron chi connectivity index (χ3n) is 4.87. The van der Waals surface area contributed by atoms with Gasteiger partial charge in [-0.1, -0.05) is 11.6 Å². The highest BCUT2D eigenvalue weighted by Crippen LogP contribution is 2.51. The molecule has 0 radical (unpaired) electrons.